The summed E-state index contributed by atoms with van der Waals surface area (Å²) >= 11 is 0. The third kappa shape index (κ3) is 10.1. The highest BCUT2D eigenvalue weighted by Crippen LogP contribution is 2.20. The maximum atomic E-state index is 13.3. The first-order valence-electron chi connectivity index (χ1n) is 11.1. The van der Waals surface area contributed by atoms with Gasteiger partial charge < -0.3 is 25.2 Å². The van der Waals surface area contributed by atoms with Crippen LogP contribution in [-0.2, 0) is 9.53 Å². The number of hydrogen-bond acceptors (Lipinski definition) is 4. The molecule has 10 heteroatoms. The van der Waals surface area contributed by atoms with Gasteiger partial charge >= 0.3 is 6.09 Å². The predicted molar refractivity (Wildman–Crippen MR) is 140 cm³/mol. The smallest absolute Gasteiger partial charge is 0.410 e. The summed E-state index contributed by atoms with van der Waals surface area (Å²) < 4.78 is 18.8. The number of nitrogens with zero attached hydrogens (tertiary/aromatic N) is 3. The molecule has 33 heavy (non-hydrogen) atoms. The van der Waals surface area contributed by atoms with Crippen molar-refractivity contribution in [3.8, 4) is 0 Å². The number of benzene rings is 1. The first-order chi connectivity index (χ1) is 15.1. The number of anilines is 1. The van der Waals surface area contributed by atoms with Crippen molar-refractivity contribution in [2.75, 3.05) is 45.1 Å². The van der Waals surface area contributed by atoms with Crippen molar-refractivity contribution < 1.29 is 18.7 Å². The van der Waals surface area contributed by atoms with Gasteiger partial charge in [0.1, 0.15) is 11.4 Å². The molecule has 0 saturated carbocycles. The number of hydrogen-bond donors (Lipinski definition) is 2. The Labute approximate surface area is 213 Å². The predicted octanol–water partition coefficient (Wildman–Crippen LogP) is 3.93. The molecule has 0 atom stereocenters. The maximum Gasteiger partial charge on any atom is 0.410 e. The van der Waals surface area contributed by atoms with E-state index in [4.69, 9.17) is 4.74 Å². The van der Waals surface area contributed by atoms with E-state index >= 15 is 0 Å². The molecule has 0 aliphatic carbocycles. The molecule has 0 radical (unpaired) electrons. The molecule has 1 aromatic rings. The lowest BCUT2D eigenvalue weighted by atomic mass is 9.96. The number of likely N-dealkylation sites (tertiary alicyclic amines) is 1. The molecule has 0 bridgehead atoms. The summed E-state index contributed by atoms with van der Waals surface area (Å²) in [6, 6.07) is 5.78. The highest BCUT2D eigenvalue weighted by atomic mass is 127. The van der Waals surface area contributed by atoms with Crippen LogP contribution in [0.5, 0.6) is 0 Å². The minimum atomic E-state index is -0.507. The molecule has 186 valence electrons. The molecule has 0 unspecified atom stereocenters. The SMILES string of the molecule is CCN(CC1CCN(C(=NC)NCC(=O)Nc2cccc(F)c2)CC1)C(=O)OC(C)(C)C.I. The van der Waals surface area contributed by atoms with Gasteiger partial charge in [0.2, 0.25) is 5.91 Å². The van der Waals surface area contributed by atoms with E-state index in [1.807, 2.05) is 27.7 Å². The first kappa shape index (κ1) is 28.9. The molecular weight excluding hydrogens is 540 g/mol. The van der Waals surface area contributed by atoms with E-state index in [1.165, 1.54) is 12.1 Å². The lowest BCUT2D eigenvalue weighted by molar-refractivity contribution is -0.115. The van der Waals surface area contributed by atoms with Crippen molar-refractivity contribution in [1.29, 1.82) is 0 Å². The average molecular weight is 577 g/mol. The lowest BCUT2D eigenvalue weighted by Crippen LogP contribution is -2.49. The summed E-state index contributed by atoms with van der Waals surface area (Å²) in [7, 11) is 1.68. The van der Waals surface area contributed by atoms with Crippen LogP contribution in [0.4, 0.5) is 14.9 Å². The van der Waals surface area contributed by atoms with Crippen molar-refractivity contribution in [1.82, 2.24) is 15.1 Å². The maximum absolute atomic E-state index is 13.3. The molecule has 1 heterocycles. The molecule has 2 amide bonds. The van der Waals surface area contributed by atoms with Crippen LogP contribution in [0, 0.1) is 11.7 Å². The summed E-state index contributed by atoms with van der Waals surface area (Å²) in [5, 5.41) is 5.73. The monoisotopic (exact) mass is 577 g/mol. The molecule has 1 saturated heterocycles. The fraction of sp³-hybridized carbons (Fsp3) is 0.609. The summed E-state index contributed by atoms with van der Waals surface area (Å²) in [4.78, 5) is 32.7. The number of nitrogens with one attached hydrogen (secondary N) is 2. The Hall–Kier alpha value is -2.11. The Balaban J connectivity index is 0.00000544. The number of piperidine rings is 1. The fourth-order valence-electron chi connectivity index (χ4n) is 3.56. The average Bonchev–Trinajstić information content (AvgIpc) is 2.72. The number of halogens is 2. The van der Waals surface area contributed by atoms with Gasteiger partial charge in [-0.05, 0) is 64.7 Å². The molecule has 2 N–H and O–H groups in total. The second-order valence-electron chi connectivity index (χ2n) is 8.91. The quantitative estimate of drug-likeness (QED) is 0.304. The van der Waals surface area contributed by atoms with Crippen LogP contribution in [0.2, 0.25) is 0 Å². The second kappa shape index (κ2) is 13.6. The minimum absolute atomic E-state index is 0. The topological polar surface area (TPSA) is 86.3 Å². The van der Waals surface area contributed by atoms with Gasteiger partial charge in [0.25, 0.3) is 0 Å². The van der Waals surface area contributed by atoms with Gasteiger partial charge in [0, 0.05) is 38.9 Å². The van der Waals surface area contributed by atoms with E-state index in [0.29, 0.717) is 30.7 Å². The second-order valence-corrected chi connectivity index (χ2v) is 8.91. The van der Waals surface area contributed by atoms with Gasteiger partial charge in [-0.25, -0.2) is 9.18 Å². The van der Waals surface area contributed by atoms with Gasteiger partial charge in [-0.1, -0.05) is 6.07 Å². The van der Waals surface area contributed by atoms with Crippen molar-refractivity contribution in [3.63, 3.8) is 0 Å². The molecule has 1 aromatic carbocycles. The van der Waals surface area contributed by atoms with Crippen LogP contribution in [0.1, 0.15) is 40.5 Å². The third-order valence-electron chi connectivity index (χ3n) is 5.15. The summed E-state index contributed by atoms with van der Waals surface area (Å²) in [6.07, 6.45) is 1.55. The molecule has 1 aliphatic heterocycles. The van der Waals surface area contributed by atoms with Crippen molar-refractivity contribution in [3.05, 3.63) is 30.1 Å². The molecule has 2 rings (SSSR count). The van der Waals surface area contributed by atoms with Crippen LogP contribution < -0.4 is 10.6 Å². The van der Waals surface area contributed by atoms with Gasteiger partial charge in [-0.15, -0.1) is 24.0 Å². The molecule has 0 aromatic heterocycles. The number of ether oxygens (including phenoxy) is 1. The normalized spacial score (nSPS) is 14.8. The van der Waals surface area contributed by atoms with Crippen LogP contribution in [0.25, 0.3) is 0 Å². The van der Waals surface area contributed by atoms with E-state index in [1.54, 1.807) is 24.1 Å². The molecular formula is C23H37FIN5O3. The van der Waals surface area contributed by atoms with Gasteiger partial charge in [0.05, 0.1) is 6.54 Å². The van der Waals surface area contributed by atoms with Crippen molar-refractivity contribution >= 4 is 47.6 Å². The summed E-state index contributed by atoms with van der Waals surface area (Å²) in [5.41, 5.74) is -0.0921. The Morgan fingerprint density at radius 1 is 1.27 bits per heavy atom. The molecule has 1 fully saturated rings. The Kier molecular flexibility index (Phi) is 11.9. The number of aliphatic imine (C=N–C) groups is 1. The zero-order valence-corrected chi connectivity index (χ0v) is 22.5. The zero-order chi connectivity index (χ0) is 23.7. The Morgan fingerprint density at radius 2 is 1.94 bits per heavy atom. The number of guanidine groups is 1. The highest BCUT2D eigenvalue weighted by Gasteiger charge is 2.27. The summed E-state index contributed by atoms with van der Waals surface area (Å²) in [6.45, 7) is 10.4. The number of rotatable bonds is 6. The third-order valence-corrected chi connectivity index (χ3v) is 5.15. The van der Waals surface area contributed by atoms with Crippen LogP contribution in [0.15, 0.2) is 29.3 Å². The van der Waals surface area contributed by atoms with Gasteiger partial charge in [-0.3, -0.25) is 9.79 Å². The highest BCUT2D eigenvalue weighted by molar-refractivity contribution is 14.0. The van der Waals surface area contributed by atoms with E-state index < -0.39 is 11.4 Å². The van der Waals surface area contributed by atoms with Crippen molar-refractivity contribution in [2.24, 2.45) is 10.9 Å². The minimum Gasteiger partial charge on any atom is -0.444 e. The Morgan fingerprint density at radius 3 is 2.48 bits per heavy atom. The largest absolute Gasteiger partial charge is 0.444 e. The standard InChI is InChI=1S/C23H36FN5O3.HI/c1-6-28(22(31)32-23(2,3)4)16-17-10-12-29(13-11-17)21(25-5)26-15-20(30)27-19-9-7-8-18(24)14-19;/h7-9,14,17H,6,10-13,15-16H2,1-5H3,(H,25,26)(H,27,30);1H. The first-order valence-corrected chi connectivity index (χ1v) is 11.1. The fourth-order valence-corrected chi connectivity index (χ4v) is 3.56. The Bertz CT molecular complexity index is 808. The van der Waals surface area contributed by atoms with Crippen LogP contribution in [-0.4, -0.2) is 73.1 Å². The molecule has 8 nitrogen and oxygen atoms in total. The van der Waals surface area contributed by atoms with E-state index in [0.717, 1.165) is 25.9 Å². The zero-order valence-electron chi connectivity index (χ0n) is 20.2. The van der Waals surface area contributed by atoms with Crippen LogP contribution in [0.3, 0.4) is 0 Å². The molecule has 0 spiro atoms. The molecule has 1 aliphatic rings. The van der Waals surface area contributed by atoms with Gasteiger partial charge in [-0.2, -0.15) is 0 Å². The number of amides is 2. The van der Waals surface area contributed by atoms with E-state index in [9.17, 15) is 14.0 Å². The number of carbonyl (C=O) groups excluding carboxylic acids is 2. The van der Waals surface area contributed by atoms with E-state index in [2.05, 4.69) is 20.5 Å². The van der Waals surface area contributed by atoms with E-state index in [-0.39, 0.29) is 42.5 Å². The van der Waals surface area contributed by atoms with Gasteiger partial charge in [0.15, 0.2) is 5.96 Å². The lowest BCUT2D eigenvalue weighted by Gasteiger charge is -2.36. The summed E-state index contributed by atoms with van der Waals surface area (Å²) in [5.74, 6) is 0.357. The van der Waals surface area contributed by atoms with Crippen molar-refractivity contribution in [2.45, 2.75) is 46.1 Å². The number of carbonyl (C=O) groups is 2. The van der Waals surface area contributed by atoms with Crippen LogP contribution >= 0.6 is 24.0 Å².